The molecule has 0 fully saturated rings. The predicted molar refractivity (Wildman–Crippen MR) is 22.0 cm³/mol. The molecule has 0 bridgehead atoms. The maximum absolute atomic E-state index is 2.00. The van der Waals surface area contributed by atoms with Gasteiger partial charge in [0.2, 0.25) is 0 Å². The van der Waals surface area contributed by atoms with Crippen molar-refractivity contribution in [2.24, 2.45) is 0 Å². The molecule has 0 N–H and O–H groups in total. The quantitative estimate of drug-likeness (QED) is 0.567. The van der Waals surface area contributed by atoms with E-state index in [9.17, 15) is 0 Å². The Hall–Kier alpha value is 0.701. The molecule has 30 valence electrons. The van der Waals surface area contributed by atoms with Crippen molar-refractivity contribution in [3.05, 3.63) is 30.3 Å². The zero-order valence-electron chi connectivity index (χ0n) is 3.39. The maximum atomic E-state index is 2.00. The summed E-state index contributed by atoms with van der Waals surface area (Å²) in [4.78, 5) is 0. The van der Waals surface area contributed by atoms with Crippen LogP contribution in [0.1, 0.15) is 0 Å². The summed E-state index contributed by atoms with van der Waals surface area (Å²) in [6.45, 7) is 0. The van der Waals surface area contributed by atoms with E-state index in [4.69, 9.17) is 0 Å². The van der Waals surface area contributed by atoms with Crippen LogP contribution in [0.5, 0.6) is 0 Å². The number of rotatable bonds is 0. The van der Waals surface area contributed by atoms with Crippen molar-refractivity contribution in [3.8, 4) is 0 Å². The Kier molecular flexibility index (Phi) is 4.33. The van der Waals surface area contributed by atoms with Gasteiger partial charge in [0.25, 0.3) is 0 Å². The first-order valence-electron chi connectivity index (χ1n) is 1.67. The Morgan fingerprint density at radius 1 is 1.00 bits per heavy atom. The van der Waals surface area contributed by atoms with Crippen LogP contribution in [0.4, 0.5) is 0 Å². The minimum atomic E-state index is 0. The second-order valence-corrected chi connectivity index (χ2v) is 0.962. The molecule has 0 amide bonds. The van der Waals surface area contributed by atoms with Crippen molar-refractivity contribution in [2.45, 2.75) is 0 Å². The molecule has 0 aromatic heterocycles. The van der Waals surface area contributed by atoms with Crippen molar-refractivity contribution in [2.75, 3.05) is 0 Å². The molecule has 0 spiro atoms. The van der Waals surface area contributed by atoms with E-state index in [0.29, 0.717) is 0 Å². The van der Waals surface area contributed by atoms with Crippen molar-refractivity contribution in [1.29, 1.82) is 0 Å². The average Bonchev–Trinajstić information content (AvgIpc) is 1.76. The predicted octanol–water partition coefficient (Wildman–Crippen LogP) is 1.41. The Labute approximate surface area is 70.5 Å². The van der Waals surface area contributed by atoms with Crippen molar-refractivity contribution >= 4 is 0 Å². The average molecular weight is 209 g/mol. The van der Waals surface area contributed by atoms with Gasteiger partial charge in [-0.3, -0.25) is 0 Å². The first-order chi connectivity index (χ1) is 2.50. The molecule has 0 saturated heterocycles. The summed E-state index contributed by atoms with van der Waals surface area (Å²) in [7, 11) is 0. The molecule has 0 atom stereocenters. The zero-order valence-corrected chi connectivity index (χ0v) is 6.59. The van der Waals surface area contributed by atoms with E-state index in [2.05, 4.69) is 0 Å². The van der Waals surface area contributed by atoms with Gasteiger partial charge in [0, 0.05) is 40.8 Å². The molecule has 0 radical (unpaired) electrons. The molecule has 0 aliphatic rings. The van der Waals surface area contributed by atoms with Crippen LogP contribution in [0.2, 0.25) is 0 Å². The molecule has 0 aliphatic heterocycles. The van der Waals surface area contributed by atoms with E-state index in [1.165, 1.54) is 0 Å². The summed E-state index contributed by atoms with van der Waals surface area (Å²) in [5.41, 5.74) is 0. The van der Waals surface area contributed by atoms with E-state index in [1.54, 1.807) is 0 Å². The summed E-state index contributed by atoms with van der Waals surface area (Å²) in [6.07, 6.45) is 0. The van der Waals surface area contributed by atoms with Crippen LogP contribution in [-0.4, -0.2) is 0 Å². The molecule has 1 aromatic rings. The van der Waals surface area contributed by atoms with Gasteiger partial charge in [0.1, 0.15) is 0 Å². The van der Waals surface area contributed by atoms with Crippen LogP contribution in [0.15, 0.2) is 30.3 Å². The van der Waals surface area contributed by atoms with Gasteiger partial charge >= 0.3 is 0 Å². The standard InChI is InChI=1S/C5H5.Nd/c1-2-4-5-3-1;/h1-5H;/q-1;. The zero-order chi connectivity index (χ0) is 3.54. The molecule has 0 aliphatic carbocycles. The Balaban J connectivity index is 0.000000250. The van der Waals surface area contributed by atoms with Crippen LogP contribution in [0.3, 0.4) is 0 Å². The van der Waals surface area contributed by atoms with Crippen LogP contribution in [0, 0.1) is 40.8 Å². The smallest absolute Gasteiger partial charge is 0 e. The van der Waals surface area contributed by atoms with Gasteiger partial charge in [-0.15, -0.1) is 0 Å². The van der Waals surface area contributed by atoms with Gasteiger partial charge in [-0.05, 0) is 0 Å². The van der Waals surface area contributed by atoms with Gasteiger partial charge in [-0.25, -0.2) is 12.1 Å². The van der Waals surface area contributed by atoms with E-state index >= 15 is 0 Å². The summed E-state index contributed by atoms with van der Waals surface area (Å²) >= 11 is 0. The topological polar surface area (TPSA) is 0 Å². The van der Waals surface area contributed by atoms with Gasteiger partial charge in [-0.2, -0.15) is 18.2 Å². The molecule has 1 aromatic carbocycles. The van der Waals surface area contributed by atoms with Crippen LogP contribution < -0.4 is 0 Å². The fourth-order valence-corrected chi connectivity index (χ4v) is 0.321. The van der Waals surface area contributed by atoms with Crippen molar-refractivity contribution < 1.29 is 40.8 Å². The molecular weight excluding hydrogens is 204 g/mol. The van der Waals surface area contributed by atoms with Gasteiger partial charge in [-0.1, -0.05) is 0 Å². The van der Waals surface area contributed by atoms with Crippen LogP contribution in [0.25, 0.3) is 0 Å². The van der Waals surface area contributed by atoms with Crippen LogP contribution in [-0.2, 0) is 0 Å². The molecule has 0 heterocycles. The molecule has 0 saturated carbocycles. The molecule has 6 heavy (non-hydrogen) atoms. The van der Waals surface area contributed by atoms with E-state index in [-0.39, 0.29) is 40.8 Å². The second-order valence-electron chi connectivity index (χ2n) is 0.962. The SMILES string of the molecule is [Nd].c1cc[cH-]c1. The third-order valence-corrected chi connectivity index (χ3v) is 0.556. The summed E-state index contributed by atoms with van der Waals surface area (Å²) < 4.78 is 0. The molecular formula is C5H5Nd-. The molecule has 0 nitrogen and oxygen atoms in total. The molecule has 1 rings (SSSR count). The minimum absolute atomic E-state index is 0. The summed E-state index contributed by atoms with van der Waals surface area (Å²) in [5, 5.41) is 0. The maximum Gasteiger partial charge on any atom is 0 e. The molecule has 0 unspecified atom stereocenters. The minimum Gasteiger partial charge on any atom is -0.214 e. The van der Waals surface area contributed by atoms with E-state index in [1.807, 2.05) is 30.3 Å². The summed E-state index contributed by atoms with van der Waals surface area (Å²) in [5.74, 6) is 0. The normalized spacial score (nSPS) is 6.67. The Morgan fingerprint density at radius 3 is 1.67 bits per heavy atom. The third-order valence-electron chi connectivity index (χ3n) is 0.556. The Bertz CT molecular complexity index is 60.4. The van der Waals surface area contributed by atoms with Gasteiger partial charge in [0.05, 0.1) is 0 Å². The fraction of sp³-hybridized carbons (Fsp3) is 0. The first kappa shape index (κ1) is 6.70. The number of hydrogen-bond donors (Lipinski definition) is 0. The Morgan fingerprint density at radius 2 is 1.50 bits per heavy atom. The van der Waals surface area contributed by atoms with Crippen LogP contribution >= 0.6 is 0 Å². The number of hydrogen-bond acceptors (Lipinski definition) is 0. The second kappa shape index (κ2) is 3.88. The largest absolute Gasteiger partial charge is 0.214 e. The monoisotopic (exact) mass is 207 g/mol. The first-order valence-corrected chi connectivity index (χ1v) is 1.67. The summed E-state index contributed by atoms with van der Waals surface area (Å²) in [6, 6.07) is 10.0. The van der Waals surface area contributed by atoms with Crippen molar-refractivity contribution in [1.82, 2.24) is 0 Å². The van der Waals surface area contributed by atoms with Crippen molar-refractivity contribution in [3.63, 3.8) is 0 Å². The van der Waals surface area contributed by atoms with Gasteiger partial charge in [0.15, 0.2) is 0 Å². The third kappa shape index (κ3) is 1.98. The fourth-order valence-electron chi connectivity index (χ4n) is 0.321. The molecule has 1 heteroatoms. The van der Waals surface area contributed by atoms with E-state index in [0.717, 1.165) is 0 Å². The van der Waals surface area contributed by atoms with Gasteiger partial charge < -0.3 is 0 Å². The van der Waals surface area contributed by atoms with E-state index < -0.39 is 0 Å².